The lowest BCUT2D eigenvalue weighted by molar-refractivity contribution is -0.117. The number of hydrogen-bond acceptors (Lipinski definition) is 3. The van der Waals surface area contributed by atoms with Crippen molar-refractivity contribution in [1.29, 1.82) is 0 Å². The molecule has 0 aromatic heterocycles. The highest BCUT2D eigenvalue weighted by molar-refractivity contribution is 7.92. The summed E-state index contributed by atoms with van der Waals surface area (Å²) in [5.41, 5.74) is 1.98. The molecule has 1 amide bonds. The van der Waals surface area contributed by atoms with Gasteiger partial charge in [-0.1, -0.05) is 43.3 Å². The van der Waals surface area contributed by atoms with Crippen LogP contribution >= 0.6 is 0 Å². The Morgan fingerprint density at radius 1 is 1.00 bits per heavy atom. The van der Waals surface area contributed by atoms with E-state index in [1.807, 2.05) is 31.2 Å². The molecule has 2 aliphatic heterocycles. The van der Waals surface area contributed by atoms with Crippen LogP contribution < -0.4 is 4.90 Å². The molecule has 5 heteroatoms. The van der Waals surface area contributed by atoms with Gasteiger partial charge in [-0.2, -0.15) is 0 Å². The molecule has 118 valence electrons. The Morgan fingerprint density at radius 3 is 2.39 bits per heavy atom. The van der Waals surface area contributed by atoms with E-state index in [-0.39, 0.29) is 22.8 Å². The van der Waals surface area contributed by atoms with Crippen LogP contribution in [-0.2, 0) is 21.1 Å². The molecule has 2 aromatic rings. The smallest absolute Gasteiger partial charge is 0.246 e. The predicted octanol–water partition coefficient (Wildman–Crippen LogP) is 2.44. The first-order valence-corrected chi connectivity index (χ1v) is 9.26. The van der Waals surface area contributed by atoms with Crippen molar-refractivity contribution in [3.05, 3.63) is 60.2 Å². The fourth-order valence-corrected chi connectivity index (χ4v) is 5.81. The van der Waals surface area contributed by atoms with Gasteiger partial charge in [0.25, 0.3) is 0 Å². The molecule has 0 bridgehead atoms. The quantitative estimate of drug-likeness (QED) is 0.851. The van der Waals surface area contributed by atoms with Gasteiger partial charge in [0.15, 0.2) is 9.84 Å². The van der Waals surface area contributed by atoms with Crippen LogP contribution in [0.2, 0.25) is 0 Å². The number of rotatable bonds is 2. The van der Waals surface area contributed by atoms with Gasteiger partial charge in [-0.15, -0.1) is 0 Å². The molecule has 4 nitrogen and oxygen atoms in total. The van der Waals surface area contributed by atoms with E-state index in [9.17, 15) is 13.2 Å². The summed E-state index contributed by atoms with van der Waals surface area (Å²) >= 11 is 0. The number of fused-ring (bicyclic) bond motifs is 3. The average molecular weight is 327 g/mol. The second kappa shape index (κ2) is 4.93. The van der Waals surface area contributed by atoms with Crippen molar-refractivity contribution in [2.24, 2.45) is 5.92 Å². The summed E-state index contributed by atoms with van der Waals surface area (Å²) in [7, 11) is -3.67. The first kappa shape index (κ1) is 14.5. The first-order chi connectivity index (χ1) is 11.0. The third-order valence-corrected chi connectivity index (χ3v) is 7.21. The van der Waals surface area contributed by atoms with Gasteiger partial charge in [0.2, 0.25) is 5.91 Å². The number of sulfone groups is 1. The lowest BCUT2D eigenvalue weighted by Crippen LogP contribution is -2.35. The minimum absolute atomic E-state index is 0.0663. The van der Waals surface area contributed by atoms with Crippen molar-refractivity contribution in [3.8, 4) is 0 Å². The van der Waals surface area contributed by atoms with Crippen LogP contribution in [0.5, 0.6) is 0 Å². The molecule has 4 rings (SSSR count). The van der Waals surface area contributed by atoms with Crippen LogP contribution in [0.1, 0.15) is 12.5 Å². The van der Waals surface area contributed by atoms with E-state index >= 15 is 0 Å². The largest absolute Gasteiger partial charge is 0.307 e. The van der Waals surface area contributed by atoms with Crippen molar-refractivity contribution < 1.29 is 13.2 Å². The molecule has 0 aliphatic carbocycles. The van der Waals surface area contributed by atoms with E-state index in [0.29, 0.717) is 0 Å². The molecular weight excluding hydrogens is 310 g/mol. The van der Waals surface area contributed by atoms with Crippen LogP contribution in [0.3, 0.4) is 0 Å². The number of carbonyl (C=O) groups is 1. The highest BCUT2D eigenvalue weighted by Gasteiger charge is 2.55. The molecule has 0 radical (unpaired) electrons. The fourth-order valence-electron chi connectivity index (χ4n) is 3.85. The van der Waals surface area contributed by atoms with Crippen molar-refractivity contribution in [1.82, 2.24) is 0 Å². The number of para-hydroxylation sites is 1. The number of nitrogens with zero attached hydrogens (tertiary/aromatic N) is 1. The van der Waals surface area contributed by atoms with Gasteiger partial charge in [0.05, 0.1) is 4.90 Å². The van der Waals surface area contributed by atoms with E-state index in [4.69, 9.17) is 0 Å². The Hall–Kier alpha value is -2.14. The normalized spacial score (nSPS) is 26.2. The second-order valence-electron chi connectivity index (χ2n) is 6.25. The number of benzene rings is 2. The van der Waals surface area contributed by atoms with E-state index in [2.05, 4.69) is 0 Å². The summed E-state index contributed by atoms with van der Waals surface area (Å²) in [5.74, 6) is -0.531. The molecule has 3 atom stereocenters. The lowest BCUT2D eigenvalue weighted by Gasteiger charge is -2.17. The maximum Gasteiger partial charge on any atom is 0.246 e. The first-order valence-electron chi connectivity index (χ1n) is 7.72. The van der Waals surface area contributed by atoms with Crippen LogP contribution in [-0.4, -0.2) is 25.6 Å². The Morgan fingerprint density at radius 2 is 1.65 bits per heavy atom. The minimum atomic E-state index is -3.67. The van der Waals surface area contributed by atoms with E-state index in [0.717, 1.165) is 17.7 Å². The highest BCUT2D eigenvalue weighted by Crippen LogP contribution is 2.44. The zero-order valence-corrected chi connectivity index (χ0v) is 13.5. The molecule has 1 fully saturated rings. The number of anilines is 1. The summed E-state index contributed by atoms with van der Waals surface area (Å²) in [6.07, 6.45) is 0.726. The van der Waals surface area contributed by atoms with Gasteiger partial charge in [-0.3, -0.25) is 4.79 Å². The summed E-state index contributed by atoms with van der Waals surface area (Å²) in [6.45, 7) is 1.87. The van der Waals surface area contributed by atoms with Crippen LogP contribution in [0, 0.1) is 5.92 Å². The molecule has 2 aromatic carbocycles. The zero-order valence-electron chi connectivity index (χ0n) is 12.7. The molecular formula is C18H17NO3S. The fraction of sp³-hybridized carbons (Fsp3) is 0.278. The average Bonchev–Trinajstić information content (AvgIpc) is 3.05. The van der Waals surface area contributed by atoms with Crippen molar-refractivity contribution in [3.63, 3.8) is 0 Å². The van der Waals surface area contributed by atoms with Gasteiger partial charge in [0, 0.05) is 17.6 Å². The molecule has 23 heavy (non-hydrogen) atoms. The number of hydrogen-bond donors (Lipinski definition) is 0. The third-order valence-electron chi connectivity index (χ3n) is 4.98. The summed E-state index contributed by atoms with van der Waals surface area (Å²) < 4.78 is 25.9. The van der Waals surface area contributed by atoms with Gasteiger partial charge in [-0.25, -0.2) is 8.42 Å². The molecule has 2 aliphatic rings. The lowest BCUT2D eigenvalue weighted by atomic mass is 9.98. The monoisotopic (exact) mass is 327 g/mol. The number of carbonyl (C=O) groups excluding carboxylic acids is 1. The van der Waals surface area contributed by atoms with Gasteiger partial charge >= 0.3 is 0 Å². The molecule has 0 spiro atoms. The van der Waals surface area contributed by atoms with Crippen LogP contribution in [0.25, 0.3) is 0 Å². The van der Waals surface area contributed by atoms with Crippen molar-refractivity contribution in [2.45, 2.75) is 29.5 Å². The Labute approximate surface area is 135 Å². The van der Waals surface area contributed by atoms with E-state index < -0.39 is 15.1 Å². The van der Waals surface area contributed by atoms with Gasteiger partial charge < -0.3 is 4.90 Å². The van der Waals surface area contributed by atoms with E-state index in [1.54, 1.807) is 35.2 Å². The van der Waals surface area contributed by atoms with Crippen LogP contribution in [0.4, 0.5) is 5.69 Å². The van der Waals surface area contributed by atoms with E-state index in [1.165, 1.54) is 0 Å². The summed E-state index contributed by atoms with van der Waals surface area (Å²) in [4.78, 5) is 14.8. The van der Waals surface area contributed by atoms with Crippen LogP contribution in [0.15, 0.2) is 59.5 Å². The molecule has 2 heterocycles. The maximum absolute atomic E-state index is 13.0. The van der Waals surface area contributed by atoms with Crippen molar-refractivity contribution in [2.75, 3.05) is 4.90 Å². The van der Waals surface area contributed by atoms with Gasteiger partial charge in [0.1, 0.15) is 5.25 Å². The zero-order chi connectivity index (χ0) is 16.2. The van der Waals surface area contributed by atoms with Crippen molar-refractivity contribution >= 4 is 21.4 Å². The predicted molar refractivity (Wildman–Crippen MR) is 88.0 cm³/mol. The minimum Gasteiger partial charge on any atom is -0.307 e. The Bertz CT molecular complexity index is 876. The molecule has 1 saturated heterocycles. The maximum atomic E-state index is 13.0. The summed E-state index contributed by atoms with van der Waals surface area (Å²) in [6, 6.07) is 16.0. The second-order valence-corrected chi connectivity index (χ2v) is 8.32. The number of amides is 1. The highest BCUT2D eigenvalue weighted by atomic mass is 32.2. The Kier molecular flexibility index (Phi) is 3.10. The SMILES string of the molecule is C[C@@H]1[C@H]2Cc3ccccc3N2C(=O)[C@H]1S(=O)(=O)c1ccccc1. The molecule has 0 unspecified atom stereocenters. The molecule has 0 saturated carbocycles. The standard InChI is InChI=1S/C18H17NO3S/c1-12-16-11-13-7-5-6-10-15(13)19(16)18(20)17(12)23(21,22)14-8-3-2-4-9-14/h2-10,12,16-17H,11H2,1H3/t12-,16-,17+/m1/s1. The third kappa shape index (κ3) is 1.96. The topological polar surface area (TPSA) is 54.5 Å². The molecule has 0 N–H and O–H groups in total. The van der Waals surface area contributed by atoms with Gasteiger partial charge in [-0.05, 0) is 30.2 Å². The Balaban J connectivity index is 1.78. The summed E-state index contributed by atoms with van der Waals surface area (Å²) in [5, 5.41) is -0.997.